The molecule has 118 valence electrons. The lowest BCUT2D eigenvalue weighted by Crippen LogP contribution is -2.26. The van der Waals surface area contributed by atoms with Crippen LogP contribution >= 0.6 is 0 Å². The number of carbonyl (C=O) groups excluding carboxylic acids is 1. The summed E-state index contributed by atoms with van der Waals surface area (Å²) >= 11 is 0. The highest BCUT2D eigenvalue weighted by Gasteiger charge is 2.18. The Morgan fingerprint density at radius 3 is 2.74 bits per heavy atom. The summed E-state index contributed by atoms with van der Waals surface area (Å²) in [5.74, 6) is -0.158. The monoisotopic (exact) mass is 309 g/mol. The van der Waals surface area contributed by atoms with E-state index in [9.17, 15) is 4.79 Å². The summed E-state index contributed by atoms with van der Waals surface area (Å²) in [5, 5.41) is 7.45. The minimum Gasteiger partial charge on any atom is -0.472 e. The Bertz CT molecular complexity index is 819. The predicted molar refractivity (Wildman–Crippen MR) is 87.6 cm³/mol. The first-order valence-electron chi connectivity index (χ1n) is 7.51. The lowest BCUT2D eigenvalue weighted by molar-refractivity contribution is 0.0939. The van der Waals surface area contributed by atoms with Crippen LogP contribution in [0.4, 0.5) is 0 Å². The van der Waals surface area contributed by atoms with Gasteiger partial charge in [0.15, 0.2) is 0 Å². The van der Waals surface area contributed by atoms with Crippen molar-refractivity contribution in [2.45, 2.75) is 26.8 Å². The molecule has 1 amide bonds. The summed E-state index contributed by atoms with van der Waals surface area (Å²) in [5.41, 5.74) is 4.72. The quantitative estimate of drug-likeness (QED) is 0.801. The molecule has 3 rings (SSSR count). The third-order valence-electron chi connectivity index (χ3n) is 3.99. The van der Waals surface area contributed by atoms with Crippen molar-refractivity contribution in [2.75, 3.05) is 0 Å². The number of nitrogens with zero attached hydrogens (tertiary/aromatic N) is 2. The van der Waals surface area contributed by atoms with Crippen LogP contribution in [0.2, 0.25) is 0 Å². The van der Waals surface area contributed by atoms with E-state index in [-0.39, 0.29) is 11.9 Å². The molecule has 0 radical (unpaired) electrons. The van der Waals surface area contributed by atoms with Crippen LogP contribution in [0.25, 0.3) is 5.69 Å². The molecule has 0 bridgehead atoms. The van der Waals surface area contributed by atoms with Gasteiger partial charge in [-0.2, -0.15) is 5.10 Å². The van der Waals surface area contributed by atoms with Gasteiger partial charge in [-0.1, -0.05) is 18.2 Å². The standard InChI is InChI=1S/C18H19N3O2/c1-12-6-4-5-7-17(12)21-14(3)16(10-19-21)13(2)20-18(22)15-8-9-23-11-15/h4-11,13H,1-3H3,(H,20,22). The average Bonchev–Trinajstić information content (AvgIpc) is 3.17. The molecule has 1 N–H and O–H groups in total. The van der Waals surface area contributed by atoms with Crippen LogP contribution in [0.5, 0.6) is 0 Å². The molecule has 0 saturated carbocycles. The van der Waals surface area contributed by atoms with Gasteiger partial charge in [-0.25, -0.2) is 4.68 Å². The molecular formula is C18H19N3O2. The lowest BCUT2D eigenvalue weighted by Gasteiger charge is -2.14. The molecule has 0 aliphatic carbocycles. The predicted octanol–water partition coefficient (Wildman–Crippen LogP) is 3.57. The zero-order chi connectivity index (χ0) is 16.4. The second-order valence-electron chi connectivity index (χ2n) is 5.59. The van der Waals surface area contributed by atoms with Gasteiger partial charge in [0.05, 0.1) is 29.8 Å². The van der Waals surface area contributed by atoms with Gasteiger partial charge in [0.2, 0.25) is 0 Å². The van der Waals surface area contributed by atoms with E-state index in [2.05, 4.69) is 23.4 Å². The summed E-state index contributed by atoms with van der Waals surface area (Å²) in [6.45, 7) is 6.01. The van der Waals surface area contributed by atoms with E-state index in [1.165, 1.54) is 12.5 Å². The number of carbonyl (C=O) groups is 1. The Hall–Kier alpha value is -2.82. The first-order valence-corrected chi connectivity index (χ1v) is 7.51. The minimum atomic E-state index is -0.158. The lowest BCUT2D eigenvalue weighted by atomic mass is 10.1. The molecule has 0 fully saturated rings. The number of aryl methyl sites for hydroxylation is 1. The summed E-state index contributed by atoms with van der Waals surface area (Å²) in [7, 11) is 0. The van der Waals surface area contributed by atoms with Crippen LogP contribution in [0.3, 0.4) is 0 Å². The number of rotatable bonds is 4. The third kappa shape index (κ3) is 2.90. The zero-order valence-corrected chi connectivity index (χ0v) is 13.4. The topological polar surface area (TPSA) is 60.1 Å². The number of furan rings is 1. The van der Waals surface area contributed by atoms with Gasteiger partial charge in [0.1, 0.15) is 6.26 Å². The Morgan fingerprint density at radius 1 is 1.26 bits per heavy atom. The molecule has 5 nitrogen and oxygen atoms in total. The van der Waals surface area contributed by atoms with Gasteiger partial charge in [0.25, 0.3) is 5.91 Å². The second-order valence-corrected chi connectivity index (χ2v) is 5.59. The first kappa shape index (κ1) is 15.1. The Balaban J connectivity index is 1.84. The summed E-state index contributed by atoms with van der Waals surface area (Å²) in [6, 6.07) is 9.59. The number of benzene rings is 1. The Morgan fingerprint density at radius 2 is 2.04 bits per heavy atom. The van der Waals surface area contributed by atoms with Crippen molar-refractivity contribution in [3.05, 3.63) is 71.4 Å². The largest absolute Gasteiger partial charge is 0.472 e. The smallest absolute Gasteiger partial charge is 0.255 e. The van der Waals surface area contributed by atoms with Crippen molar-refractivity contribution < 1.29 is 9.21 Å². The highest BCUT2D eigenvalue weighted by molar-refractivity contribution is 5.94. The number of hydrogen-bond donors (Lipinski definition) is 1. The van der Waals surface area contributed by atoms with Crippen molar-refractivity contribution in [1.82, 2.24) is 15.1 Å². The van der Waals surface area contributed by atoms with E-state index >= 15 is 0 Å². The SMILES string of the molecule is Cc1ccccc1-n1ncc(C(C)NC(=O)c2ccoc2)c1C. The summed E-state index contributed by atoms with van der Waals surface area (Å²) in [6.07, 6.45) is 4.73. The molecule has 3 aromatic rings. The maximum absolute atomic E-state index is 12.1. The van der Waals surface area contributed by atoms with Crippen LogP contribution in [0, 0.1) is 13.8 Å². The van der Waals surface area contributed by atoms with Gasteiger partial charge < -0.3 is 9.73 Å². The fraction of sp³-hybridized carbons (Fsp3) is 0.222. The Kier molecular flexibility index (Phi) is 4.02. The van der Waals surface area contributed by atoms with Crippen LogP contribution in [0.15, 0.2) is 53.5 Å². The number of amides is 1. The molecule has 0 spiro atoms. The summed E-state index contributed by atoms with van der Waals surface area (Å²) < 4.78 is 6.85. The molecule has 2 aromatic heterocycles. The summed E-state index contributed by atoms with van der Waals surface area (Å²) in [4.78, 5) is 12.1. The van der Waals surface area contributed by atoms with Crippen molar-refractivity contribution in [3.8, 4) is 5.69 Å². The van der Waals surface area contributed by atoms with E-state index in [4.69, 9.17) is 4.42 Å². The zero-order valence-electron chi connectivity index (χ0n) is 13.4. The maximum atomic E-state index is 12.1. The van der Waals surface area contributed by atoms with E-state index in [0.717, 1.165) is 22.5 Å². The van der Waals surface area contributed by atoms with Gasteiger partial charge in [-0.15, -0.1) is 0 Å². The van der Waals surface area contributed by atoms with Gasteiger partial charge in [-0.3, -0.25) is 4.79 Å². The van der Waals surface area contributed by atoms with E-state index in [1.54, 1.807) is 6.07 Å². The molecule has 1 unspecified atom stereocenters. The molecule has 0 saturated heterocycles. The number of nitrogens with one attached hydrogen (secondary N) is 1. The average molecular weight is 309 g/mol. The molecule has 23 heavy (non-hydrogen) atoms. The molecule has 1 atom stereocenters. The van der Waals surface area contributed by atoms with Crippen molar-refractivity contribution in [1.29, 1.82) is 0 Å². The minimum absolute atomic E-state index is 0.143. The van der Waals surface area contributed by atoms with Gasteiger partial charge >= 0.3 is 0 Å². The highest BCUT2D eigenvalue weighted by Crippen LogP contribution is 2.22. The molecule has 5 heteroatoms. The Labute approximate surface area is 134 Å². The van der Waals surface area contributed by atoms with Crippen LogP contribution in [0.1, 0.15) is 40.1 Å². The first-order chi connectivity index (χ1) is 11.1. The van der Waals surface area contributed by atoms with Gasteiger partial charge in [-0.05, 0) is 38.5 Å². The molecule has 0 aliphatic rings. The normalized spacial score (nSPS) is 12.1. The van der Waals surface area contributed by atoms with Gasteiger partial charge in [0, 0.05) is 11.3 Å². The van der Waals surface area contributed by atoms with Crippen LogP contribution in [-0.4, -0.2) is 15.7 Å². The van der Waals surface area contributed by atoms with Crippen LogP contribution < -0.4 is 5.32 Å². The van der Waals surface area contributed by atoms with Crippen molar-refractivity contribution >= 4 is 5.91 Å². The van der Waals surface area contributed by atoms with E-state index in [1.807, 2.05) is 42.9 Å². The third-order valence-corrected chi connectivity index (χ3v) is 3.99. The van der Waals surface area contributed by atoms with Crippen molar-refractivity contribution in [3.63, 3.8) is 0 Å². The van der Waals surface area contributed by atoms with Crippen LogP contribution in [-0.2, 0) is 0 Å². The number of aromatic nitrogens is 2. The fourth-order valence-electron chi connectivity index (χ4n) is 2.64. The molecule has 1 aromatic carbocycles. The molecular weight excluding hydrogens is 290 g/mol. The number of hydrogen-bond acceptors (Lipinski definition) is 3. The van der Waals surface area contributed by atoms with E-state index in [0.29, 0.717) is 5.56 Å². The fourth-order valence-corrected chi connectivity index (χ4v) is 2.64. The van der Waals surface area contributed by atoms with Crippen molar-refractivity contribution in [2.24, 2.45) is 0 Å². The molecule has 2 heterocycles. The highest BCUT2D eigenvalue weighted by atomic mass is 16.3. The number of para-hydroxylation sites is 1. The van der Waals surface area contributed by atoms with E-state index < -0.39 is 0 Å². The second kappa shape index (κ2) is 6.12. The molecule has 0 aliphatic heterocycles. The maximum Gasteiger partial charge on any atom is 0.255 e.